The summed E-state index contributed by atoms with van der Waals surface area (Å²) in [4.78, 5) is 53.7. The van der Waals surface area contributed by atoms with Gasteiger partial charge in [0, 0.05) is 31.3 Å². The average molecular weight is 351 g/mol. The number of carbonyl (C=O) groups is 4. The molecule has 8 nitrogen and oxygen atoms in total. The first-order valence-corrected chi connectivity index (χ1v) is 8.66. The van der Waals surface area contributed by atoms with E-state index in [0.29, 0.717) is 43.2 Å². The van der Waals surface area contributed by atoms with Crippen LogP contribution in [0.25, 0.3) is 0 Å². The van der Waals surface area contributed by atoms with Crippen molar-refractivity contribution >= 4 is 40.2 Å². The highest BCUT2D eigenvalue weighted by atomic mass is 32.1. The number of anilines is 1. The molecule has 0 atom stereocenters. The molecule has 2 aliphatic heterocycles. The summed E-state index contributed by atoms with van der Waals surface area (Å²) in [7, 11) is 0. The van der Waals surface area contributed by atoms with Crippen LogP contribution in [0.4, 0.5) is 5.13 Å². The van der Waals surface area contributed by atoms with Crippen LogP contribution in [-0.4, -0.2) is 53.3 Å². The number of likely N-dealkylation sites (tertiary alicyclic amines) is 1. The minimum absolute atomic E-state index is 0.0411. The molecule has 3 amide bonds. The van der Waals surface area contributed by atoms with Crippen LogP contribution in [-0.2, 0) is 30.3 Å². The van der Waals surface area contributed by atoms with Crippen molar-refractivity contribution < 1.29 is 23.9 Å². The van der Waals surface area contributed by atoms with E-state index in [2.05, 4.69) is 4.98 Å². The van der Waals surface area contributed by atoms with E-state index in [4.69, 9.17) is 4.74 Å². The predicted octanol–water partition coefficient (Wildman–Crippen LogP) is 0.505. The zero-order valence-electron chi connectivity index (χ0n) is 13.0. The summed E-state index contributed by atoms with van der Waals surface area (Å²) in [5.74, 6) is -1.26. The monoisotopic (exact) mass is 351 g/mol. The maximum Gasteiger partial charge on any atom is 0.312 e. The van der Waals surface area contributed by atoms with Gasteiger partial charge in [0.05, 0.1) is 12.1 Å². The van der Waals surface area contributed by atoms with Crippen molar-refractivity contribution in [3.8, 4) is 0 Å². The molecule has 2 fully saturated rings. The molecule has 2 aliphatic rings. The van der Waals surface area contributed by atoms with Crippen LogP contribution in [0.2, 0.25) is 0 Å². The zero-order valence-corrected chi connectivity index (χ0v) is 13.8. The molecule has 0 spiro atoms. The quantitative estimate of drug-likeness (QED) is 0.717. The Balaban J connectivity index is 1.48. The van der Waals surface area contributed by atoms with Gasteiger partial charge in [0.15, 0.2) is 11.7 Å². The average Bonchev–Trinajstić information content (AvgIpc) is 3.26. The third-order valence-corrected chi connectivity index (χ3v) is 4.81. The minimum atomic E-state index is -0.584. The molecule has 1 aromatic heterocycles. The summed E-state index contributed by atoms with van der Waals surface area (Å²) in [6, 6.07) is 0. The van der Waals surface area contributed by atoms with Gasteiger partial charge in [-0.05, 0) is 12.8 Å². The second-order valence-electron chi connectivity index (χ2n) is 5.65. The number of esters is 1. The van der Waals surface area contributed by atoms with E-state index in [0.717, 1.165) is 11.3 Å². The second-order valence-corrected chi connectivity index (χ2v) is 6.49. The van der Waals surface area contributed by atoms with Crippen molar-refractivity contribution in [3.63, 3.8) is 0 Å². The molecule has 0 unspecified atom stereocenters. The molecule has 3 rings (SSSR count). The standard InChI is InChI=1S/C15H17N3O5S/c19-11-3-1-5-17(11)13(21)8-23-14(22)7-10-9-24-15(16-10)18-6-2-4-12(18)20/h9H,1-8H2. The number of nitrogens with zero attached hydrogens (tertiary/aromatic N) is 3. The molecule has 1 aromatic rings. The van der Waals surface area contributed by atoms with Crippen molar-refractivity contribution in [1.29, 1.82) is 0 Å². The normalized spacial score (nSPS) is 17.7. The maximum atomic E-state index is 11.8. The first-order valence-electron chi connectivity index (χ1n) is 7.78. The SMILES string of the molecule is O=C(Cc1csc(N2CCCC2=O)n1)OCC(=O)N1CCCC1=O. The number of aromatic nitrogens is 1. The molecule has 2 saturated heterocycles. The fraction of sp³-hybridized carbons (Fsp3) is 0.533. The highest BCUT2D eigenvalue weighted by Gasteiger charge is 2.27. The van der Waals surface area contributed by atoms with Crippen molar-refractivity contribution in [3.05, 3.63) is 11.1 Å². The van der Waals surface area contributed by atoms with E-state index >= 15 is 0 Å². The van der Waals surface area contributed by atoms with Crippen molar-refractivity contribution in [2.75, 3.05) is 24.6 Å². The largest absolute Gasteiger partial charge is 0.455 e. The lowest BCUT2D eigenvalue weighted by atomic mass is 10.3. The molecule has 0 bridgehead atoms. The predicted molar refractivity (Wildman–Crippen MR) is 84.3 cm³/mol. The third-order valence-electron chi connectivity index (χ3n) is 3.90. The van der Waals surface area contributed by atoms with Gasteiger partial charge in [-0.25, -0.2) is 4.98 Å². The van der Waals surface area contributed by atoms with Gasteiger partial charge in [0.1, 0.15) is 0 Å². The van der Waals surface area contributed by atoms with Gasteiger partial charge in [0.25, 0.3) is 5.91 Å². The Morgan fingerprint density at radius 2 is 1.92 bits per heavy atom. The van der Waals surface area contributed by atoms with Gasteiger partial charge in [-0.15, -0.1) is 11.3 Å². The highest BCUT2D eigenvalue weighted by molar-refractivity contribution is 7.14. The zero-order chi connectivity index (χ0) is 17.1. The lowest BCUT2D eigenvalue weighted by Crippen LogP contribution is -2.35. The number of imide groups is 1. The molecule has 128 valence electrons. The molecule has 0 saturated carbocycles. The summed E-state index contributed by atoms with van der Waals surface area (Å²) in [5.41, 5.74) is 0.504. The number of hydrogen-bond acceptors (Lipinski definition) is 7. The highest BCUT2D eigenvalue weighted by Crippen LogP contribution is 2.25. The van der Waals surface area contributed by atoms with E-state index in [1.165, 1.54) is 11.3 Å². The second kappa shape index (κ2) is 7.08. The molecule has 0 aromatic carbocycles. The van der Waals surface area contributed by atoms with Crippen LogP contribution in [0.3, 0.4) is 0 Å². The van der Waals surface area contributed by atoms with Gasteiger partial charge in [-0.3, -0.25) is 29.0 Å². The van der Waals surface area contributed by atoms with E-state index < -0.39 is 18.5 Å². The Labute approximate surface area is 142 Å². The molecular formula is C15H17N3O5S. The molecule has 0 N–H and O–H groups in total. The number of rotatable bonds is 5. The summed E-state index contributed by atoms with van der Waals surface area (Å²) < 4.78 is 4.93. The van der Waals surface area contributed by atoms with Crippen LogP contribution < -0.4 is 4.90 Å². The van der Waals surface area contributed by atoms with E-state index in [-0.39, 0.29) is 18.2 Å². The first-order chi connectivity index (χ1) is 11.5. The Morgan fingerprint density at radius 3 is 2.58 bits per heavy atom. The molecule has 0 radical (unpaired) electrons. The minimum Gasteiger partial charge on any atom is -0.455 e. The van der Waals surface area contributed by atoms with Crippen molar-refractivity contribution in [2.24, 2.45) is 0 Å². The molecule has 0 aliphatic carbocycles. The lowest BCUT2D eigenvalue weighted by Gasteiger charge is -2.13. The van der Waals surface area contributed by atoms with Crippen LogP contribution >= 0.6 is 11.3 Å². The number of thiazole rings is 1. The van der Waals surface area contributed by atoms with Crippen LogP contribution in [0.1, 0.15) is 31.4 Å². The summed E-state index contributed by atoms with van der Waals surface area (Å²) >= 11 is 1.30. The Morgan fingerprint density at radius 1 is 1.17 bits per heavy atom. The van der Waals surface area contributed by atoms with Gasteiger partial charge in [-0.1, -0.05) is 0 Å². The van der Waals surface area contributed by atoms with Gasteiger partial charge in [-0.2, -0.15) is 0 Å². The van der Waals surface area contributed by atoms with Gasteiger partial charge in [0.2, 0.25) is 11.8 Å². The molecule has 3 heterocycles. The van der Waals surface area contributed by atoms with E-state index in [1.807, 2.05) is 0 Å². The fourth-order valence-corrected chi connectivity index (χ4v) is 3.55. The Kier molecular flexibility index (Phi) is 4.89. The van der Waals surface area contributed by atoms with Crippen LogP contribution in [0, 0.1) is 0 Å². The number of hydrogen-bond donors (Lipinski definition) is 0. The van der Waals surface area contributed by atoms with Crippen LogP contribution in [0.15, 0.2) is 5.38 Å². The molecule has 24 heavy (non-hydrogen) atoms. The van der Waals surface area contributed by atoms with E-state index in [9.17, 15) is 19.2 Å². The first kappa shape index (κ1) is 16.6. The number of carbonyl (C=O) groups excluding carboxylic acids is 4. The fourth-order valence-electron chi connectivity index (χ4n) is 2.68. The van der Waals surface area contributed by atoms with Crippen molar-refractivity contribution in [1.82, 2.24) is 9.88 Å². The summed E-state index contributed by atoms with van der Waals surface area (Å²) in [6.07, 6.45) is 2.27. The van der Waals surface area contributed by atoms with Gasteiger partial charge < -0.3 is 4.74 Å². The molecule has 9 heteroatoms. The topological polar surface area (TPSA) is 96.9 Å². The Bertz CT molecular complexity index is 686. The van der Waals surface area contributed by atoms with Gasteiger partial charge >= 0.3 is 5.97 Å². The number of ether oxygens (including phenoxy) is 1. The lowest BCUT2D eigenvalue weighted by molar-refractivity contribution is -0.154. The van der Waals surface area contributed by atoms with Crippen molar-refractivity contribution in [2.45, 2.75) is 32.1 Å². The summed E-state index contributed by atoms with van der Waals surface area (Å²) in [6.45, 7) is 0.593. The smallest absolute Gasteiger partial charge is 0.312 e. The third kappa shape index (κ3) is 3.61. The number of amides is 3. The van der Waals surface area contributed by atoms with E-state index in [1.54, 1.807) is 10.3 Å². The Hall–Kier alpha value is -2.29. The van der Waals surface area contributed by atoms with Crippen LogP contribution in [0.5, 0.6) is 0 Å². The summed E-state index contributed by atoms with van der Waals surface area (Å²) in [5, 5.41) is 2.28. The maximum absolute atomic E-state index is 11.8. The molecular weight excluding hydrogens is 334 g/mol.